The maximum atomic E-state index is 5.76. The molecule has 0 atom stereocenters. The molecule has 4 nitrogen and oxygen atoms in total. The first-order valence-electron chi connectivity index (χ1n) is 5.82. The van der Waals surface area contributed by atoms with E-state index in [-0.39, 0.29) is 0 Å². The van der Waals surface area contributed by atoms with E-state index < -0.39 is 0 Å². The van der Waals surface area contributed by atoms with Gasteiger partial charge in [0.2, 0.25) is 0 Å². The number of unbranched alkanes of at least 4 members (excludes halogenated alkanes) is 1. The Morgan fingerprint density at radius 2 is 2.12 bits per heavy atom. The molecule has 0 unspecified atom stereocenters. The summed E-state index contributed by atoms with van der Waals surface area (Å²) in [7, 11) is 0. The van der Waals surface area contributed by atoms with Gasteiger partial charge in [-0.1, -0.05) is 12.1 Å². The van der Waals surface area contributed by atoms with Crippen LogP contribution in [0.3, 0.4) is 0 Å². The van der Waals surface area contributed by atoms with Crippen molar-refractivity contribution >= 4 is 0 Å². The zero-order valence-electron chi connectivity index (χ0n) is 9.75. The van der Waals surface area contributed by atoms with E-state index in [0.29, 0.717) is 13.2 Å². The van der Waals surface area contributed by atoms with E-state index in [1.807, 2.05) is 35.0 Å². The van der Waals surface area contributed by atoms with Gasteiger partial charge in [-0.2, -0.15) is 0 Å². The molecule has 2 aromatic rings. The van der Waals surface area contributed by atoms with E-state index >= 15 is 0 Å². The molecule has 0 saturated carbocycles. The molecule has 0 saturated heterocycles. The van der Waals surface area contributed by atoms with Crippen molar-refractivity contribution in [3.05, 3.63) is 43.0 Å². The van der Waals surface area contributed by atoms with Gasteiger partial charge in [-0.25, -0.2) is 4.98 Å². The minimum atomic E-state index is 0.697. The maximum absolute atomic E-state index is 5.76. The van der Waals surface area contributed by atoms with E-state index in [0.717, 1.165) is 24.3 Å². The Morgan fingerprint density at radius 3 is 2.88 bits per heavy atom. The number of hydrogen-bond acceptors (Lipinski definition) is 3. The fourth-order valence-corrected chi connectivity index (χ4v) is 1.62. The minimum Gasteiger partial charge on any atom is -0.491 e. The standard InChI is InChI=1S/C13H17N3O/c14-7-3-4-10-17-13-6-2-1-5-12(13)16-9-8-15-11-16/h1-2,5-6,8-9,11H,3-4,7,10,14H2. The average molecular weight is 231 g/mol. The second kappa shape index (κ2) is 6.06. The first kappa shape index (κ1) is 11.7. The third kappa shape index (κ3) is 3.07. The van der Waals surface area contributed by atoms with Gasteiger partial charge in [0.1, 0.15) is 5.75 Å². The minimum absolute atomic E-state index is 0.697. The van der Waals surface area contributed by atoms with E-state index in [1.165, 1.54) is 0 Å². The highest BCUT2D eigenvalue weighted by Crippen LogP contribution is 2.22. The van der Waals surface area contributed by atoms with Crippen LogP contribution in [-0.2, 0) is 0 Å². The first-order chi connectivity index (χ1) is 8.42. The number of aromatic nitrogens is 2. The molecule has 90 valence electrons. The van der Waals surface area contributed by atoms with Gasteiger partial charge in [0.05, 0.1) is 18.6 Å². The molecule has 1 heterocycles. The summed E-state index contributed by atoms with van der Waals surface area (Å²) in [5, 5.41) is 0. The molecule has 0 fully saturated rings. The summed E-state index contributed by atoms with van der Waals surface area (Å²) >= 11 is 0. The van der Waals surface area contributed by atoms with Crippen molar-refractivity contribution in [2.24, 2.45) is 5.73 Å². The third-order valence-electron chi connectivity index (χ3n) is 2.50. The lowest BCUT2D eigenvalue weighted by Gasteiger charge is -2.11. The quantitative estimate of drug-likeness (QED) is 0.773. The normalized spacial score (nSPS) is 10.4. The molecule has 2 rings (SSSR count). The van der Waals surface area contributed by atoms with Crippen LogP contribution in [0.15, 0.2) is 43.0 Å². The molecule has 1 aromatic heterocycles. The lowest BCUT2D eigenvalue weighted by atomic mass is 10.3. The molecular formula is C13H17N3O. The average Bonchev–Trinajstić information content (AvgIpc) is 2.89. The van der Waals surface area contributed by atoms with Gasteiger partial charge in [0.25, 0.3) is 0 Å². The highest BCUT2D eigenvalue weighted by Gasteiger charge is 2.03. The summed E-state index contributed by atoms with van der Waals surface area (Å²) in [5.74, 6) is 0.877. The molecule has 0 aliphatic heterocycles. The Bertz CT molecular complexity index is 440. The predicted molar refractivity (Wildman–Crippen MR) is 67.3 cm³/mol. The van der Waals surface area contributed by atoms with Crippen molar-refractivity contribution in [3.63, 3.8) is 0 Å². The summed E-state index contributed by atoms with van der Waals surface area (Å²) in [4.78, 5) is 4.04. The molecule has 0 bridgehead atoms. The van der Waals surface area contributed by atoms with E-state index in [1.54, 1.807) is 12.5 Å². The molecule has 0 amide bonds. The Kier molecular flexibility index (Phi) is 4.16. The molecule has 17 heavy (non-hydrogen) atoms. The number of hydrogen-bond donors (Lipinski definition) is 1. The molecule has 0 aliphatic rings. The number of nitrogens with two attached hydrogens (primary N) is 1. The van der Waals surface area contributed by atoms with Crippen LogP contribution in [0.2, 0.25) is 0 Å². The number of imidazole rings is 1. The Hall–Kier alpha value is -1.81. The van der Waals surface area contributed by atoms with E-state index in [4.69, 9.17) is 10.5 Å². The smallest absolute Gasteiger partial charge is 0.143 e. The van der Waals surface area contributed by atoms with Gasteiger partial charge in [-0.15, -0.1) is 0 Å². The Labute approximate surface area is 101 Å². The monoisotopic (exact) mass is 231 g/mol. The van der Waals surface area contributed by atoms with Gasteiger partial charge >= 0.3 is 0 Å². The van der Waals surface area contributed by atoms with Crippen molar-refractivity contribution in [1.82, 2.24) is 9.55 Å². The molecule has 2 N–H and O–H groups in total. The van der Waals surface area contributed by atoms with Crippen LogP contribution in [0.5, 0.6) is 5.75 Å². The van der Waals surface area contributed by atoms with Gasteiger partial charge in [0, 0.05) is 12.4 Å². The molecule has 0 radical (unpaired) electrons. The Morgan fingerprint density at radius 1 is 1.24 bits per heavy atom. The number of ether oxygens (including phenoxy) is 1. The second-order valence-electron chi connectivity index (χ2n) is 3.78. The number of nitrogens with zero attached hydrogens (tertiary/aromatic N) is 2. The highest BCUT2D eigenvalue weighted by molar-refractivity contribution is 5.46. The van der Waals surface area contributed by atoms with Crippen LogP contribution in [-0.4, -0.2) is 22.7 Å². The fourth-order valence-electron chi connectivity index (χ4n) is 1.62. The van der Waals surface area contributed by atoms with Gasteiger partial charge < -0.3 is 15.0 Å². The topological polar surface area (TPSA) is 53.1 Å². The summed E-state index contributed by atoms with van der Waals surface area (Å²) in [6.45, 7) is 1.41. The highest BCUT2D eigenvalue weighted by atomic mass is 16.5. The van der Waals surface area contributed by atoms with Gasteiger partial charge in [-0.05, 0) is 31.5 Å². The number of para-hydroxylation sites is 2. The molecule has 0 spiro atoms. The van der Waals surface area contributed by atoms with Crippen LogP contribution < -0.4 is 10.5 Å². The van der Waals surface area contributed by atoms with E-state index in [2.05, 4.69) is 4.98 Å². The molecule has 1 aromatic carbocycles. The van der Waals surface area contributed by atoms with Gasteiger partial charge in [-0.3, -0.25) is 0 Å². The lowest BCUT2D eigenvalue weighted by Crippen LogP contribution is -2.05. The lowest BCUT2D eigenvalue weighted by molar-refractivity contribution is 0.307. The summed E-state index contributed by atoms with van der Waals surface area (Å²) < 4.78 is 7.70. The summed E-state index contributed by atoms with van der Waals surface area (Å²) in [6.07, 6.45) is 7.40. The second-order valence-corrected chi connectivity index (χ2v) is 3.78. The third-order valence-corrected chi connectivity index (χ3v) is 2.50. The molecular weight excluding hydrogens is 214 g/mol. The van der Waals surface area contributed by atoms with Gasteiger partial charge in [0.15, 0.2) is 0 Å². The van der Waals surface area contributed by atoms with Crippen molar-refractivity contribution < 1.29 is 4.74 Å². The first-order valence-corrected chi connectivity index (χ1v) is 5.82. The Balaban J connectivity index is 2.06. The number of benzene rings is 1. The maximum Gasteiger partial charge on any atom is 0.143 e. The van der Waals surface area contributed by atoms with Crippen molar-refractivity contribution in [1.29, 1.82) is 0 Å². The van der Waals surface area contributed by atoms with Crippen LogP contribution in [0, 0.1) is 0 Å². The van der Waals surface area contributed by atoms with Crippen LogP contribution in [0.4, 0.5) is 0 Å². The van der Waals surface area contributed by atoms with Crippen molar-refractivity contribution in [2.45, 2.75) is 12.8 Å². The summed E-state index contributed by atoms with van der Waals surface area (Å²) in [6, 6.07) is 7.94. The molecule has 4 heteroatoms. The zero-order valence-corrected chi connectivity index (χ0v) is 9.75. The van der Waals surface area contributed by atoms with Crippen LogP contribution in [0.25, 0.3) is 5.69 Å². The van der Waals surface area contributed by atoms with Crippen molar-refractivity contribution in [2.75, 3.05) is 13.2 Å². The van der Waals surface area contributed by atoms with Crippen LogP contribution in [0.1, 0.15) is 12.8 Å². The summed E-state index contributed by atoms with van der Waals surface area (Å²) in [5.41, 5.74) is 6.46. The van der Waals surface area contributed by atoms with Crippen LogP contribution >= 0.6 is 0 Å². The molecule has 0 aliphatic carbocycles. The SMILES string of the molecule is NCCCCOc1ccccc1-n1ccnc1. The number of rotatable bonds is 6. The fraction of sp³-hybridized carbons (Fsp3) is 0.308. The zero-order chi connectivity index (χ0) is 11.9. The van der Waals surface area contributed by atoms with E-state index in [9.17, 15) is 0 Å². The van der Waals surface area contributed by atoms with Crippen molar-refractivity contribution in [3.8, 4) is 11.4 Å². The largest absolute Gasteiger partial charge is 0.491 e. The predicted octanol–water partition coefficient (Wildman–Crippen LogP) is 1.99.